The average Bonchev–Trinajstić information content (AvgIpc) is 2.84. The Kier molecular flexibility index (Phi) is 3.79. The van der Waals surface area contributed by atoms with Crippen LogP contribution in [0.15, 0.2) is 12.1 Å². The highest BCUT2D eigenvalue weighted by atomic mass is 16.5. The van der Waals surface area contributed by atoms with Crippen LogP contribution >= 0.6 is 0 Å². The number of likely N-dealkylation sites (N-methyl/N-ethyl adjacent to an activating group) is 1. The first-order valence-electron chi connectivity index (χ1n) is 7.51. The van der Waals surface area contributed by atoms with Crippen molar-refractivity contribution in [3.05, 3.63) is 29.0 Å². The summed E-state index contributed by atoms with van der Waals surface area (Å²) in [5.74, 6) is 0.130. The molecule has 0 aliphatic carbocycles. The molecule has 7 nitrogen and oxygen atoms in total. The van der Waals surface area contributed by atoms with Gasteiger partial charge in [0, 0.05) is 25.2 Å². The summed E-state index contributed by atoms with van der Waals surface area (Å²) in [5, 5.41) is 4.47. The summed E-state index contributed by atoms with van der Waals surface area (Å²) in [6.45, 7) is 3.82. The van der Waals surface area contributed by atoms with Crippen LogP contribution in [-0.4, -0.2) is 42.4 Å². The molecule has 1 aliphatic rings. The van der Waals surface area contributed by atoms with Gasteiger partial charge in [-0.15, -0.1) is 0 Å². The fourth-order valence-corrected chi connectivity index (χ4v) is 2.94. The Hall–Kier alpha value is -2.83. The van der Waals surface area contributed by atoms with Gasteiger partial charge < -0.3 is 14.4 Å². The van der Waals surface area contributed by atoms with Crippen molar-refractivity contribution in [2.45, 2.75) is 13.8 Å². The molecule has 0 bridgehead atoms. The number of amides is 1. The largest absolute Gasteiger partial charge is 0.482 e. The lowest BCUT2D eigenvalue weighted by atomic mass is 10.00. The van der Waals surface area contributed by atoms with Gasteiger partial charge in [0.25, 0.3) is 5.91 Å². The van der Waals surface area contributed by atoms with Crippen LogP contribution in [0.2, 0.25) is 0 Å². The number of hydrogen-bond donors (Lipinski definition) is 0. The van der Waals surface area contributed by atoms with Crippen molar-refractivity contribution in [1.29, 1.82) is 0 Å². The molecule has 0 radical (unpaired) electrons. The number of hydrogen-bond acceptors (Lipinski definition) is 5. The van der Waals surface area contributed by atoms with Crippen molar-refractivity contribution in [1.82, 2.24) is 9.78 Å². The molecule has 3 rings (SSSR count). The Bertz CT molecular complexity index is 854. The summed E-state index contributed by atoms with van der Waals surface area (Å²) >= 11 is 0. The van der Waals surface area contributed by atoms with E-state index in [9.17, 15) is 9.59 Å². The van der Waals surface area contributed by atoms with Crippen LogP contribution in [0.4, 0.5) is 5.69 Å². The molecule has 7 heteroatoms. The third kappa shape index (κ3) is 2.33. The molecule has 1 aromatic carbocycles. The molecule has 126 valence electrons. The number of esters is 1. The molecular formula is C17H19N3O4. The monoisotopic (exact) mass is 329 g/mol. The molecule has 1 aromatic heterocycles. The Morgan fingerprint density at radius 1 is 1.29 bits per heavy atom. The number of anilines is 1. The number of aryl methyl sites for hydroxylation is 2. The van der Waals surface area contributed by atoms with E-state index in [0.717, 1.165) is 16.7 Å². The minimum atomic E-state index is -0.431. The van der Waals surface area contributed by atoms with Gasteiger partial charge in [-0.1, -0.05) is 0 Å². The predicted octanol–water partition coefficient (Wildman–Crippen LogP) is 1.85. The van der Waals surface area contributed by atoms with E-state index < -0.39 is 5.97 Å². The van der Waals surface area contributed by atoms with E-state index in [0.29, 0.717) is 22.8 Å². The summed E-state index contributed by atoms with van der Waals surface area (Å²) in [6, 6.07) is 3.76. The summed E-state index contributed by atoms with van der Waals surface area (Å²) in [7, 11) is 4.76. The maximum Gasteiger partial charge on any atom is 0.356 e. The highest BCUT2D eigenvalue weighted by molar-refractivity contribution is 5.98. The third-order valence-corrected chi connectivity index (χ3v) is 4.31. The van der Waals surface area contributed by atoms with E-state index in [1.807, 2.05) is 26.0 Å². The molecule has 0 atom stereocenters. The van der Waals surface area contributed by atoms with Gasteiger partial charge in [0.15, 0.2) is 6.61 Å². The minimum Gasteiger partial charge on any atom is -0.482 e. The van der Waals surface area contributed by atoms with Gasteiger partial charge in [-0.3, -0.25) is 9.48 Å². The highest BCUT2D eigenvalue weighted by Gasteiger charge is 2.26. The molecule has 0 N–H and O–H groups in total. The smallest absolute Gasteiger partial charge is 0.356 e. The zero-order valence-corrected chi connectivity index (χ0v) is 14.3. The van der Waals surface area contributed by atoms with E-state index in [-0.39, 0.29) is 12.5 Å². The Morgan fingerprint density at radius 3 is 2.67 bits per heavy atom. The number of aromatic nitrogens is 2. The zero-order valence-electron chi connectivity index (χ0n) is 14.3. The van der Waals surface area contributed by atoms with Gasteiger partial charge in [0.05, 0.1) is 18.5 Å². The summed E-state index contributed by atoms with van der Waals surface area (Å²) in [5.41, 5.74) is 4.32. The topological polar surface area (TPSA) is 73.7 Å². The summed E-state index contributed by atoms with van der Waals surface area (Å²) in [4.78, 5) is 25.4. The van der Waals surface area contributed by atoms with Crippen molar-refractivity contribution in [3.63, 3.8) is 0 Å². The van der Waals surface area contributed by atoms with E-state index in [1.54, 1.807) is 19.0 Å². The maximum absolute atomic E-state index is 12.0. The van der Waals surface area contributed by atoms with Crippen molar-refractivity contribution in [3.8, 4) is 17.0 Å². The fraction of sp³-hybridized carbons (Fsp3) is 0.353. The average molecular weight is 329 g/mol. The number of fused-ring (bicyclic) bond motifs is 1. The van der Waals surface area contributed by atoms with Crippen LogP contribution in [-0.2, 0) is 16.6 Å². The van der Waals surface area contributed by atoms with Gasteiger partial charge in [0.2, 0.25) is 0 Å². The fourth-order valence-electron chi connectivity index (χ4n) is 2.94. The molecule has 0 saturated heterocycles. The highest BCUT2D eigenvalue weighted by Crippen LogP contribution is 2.38. The van der Waals surface area contributed by atoms with E-state index >= 15 is 0 Å². The number of rotatable bonds is 2. The standard InChI is InChI=1S/C17H19N3O4/c1-9-6-13-12(19(3)14(21)8-24-13)7-11(9)15-10(2)16(17(22)23-5)20(4)18-15/h6-7H,8H2,1-5H3. The second kappa shape index (κ2) is 5.67. The van der Waals surface area contributed by atoms with Crippen molar-refractivity contribution >= 4 is 17.6 Å². The van der Waals surface area contributed by atoms with Gasteiger partial charge in [0.1, 0.15) is 11.4 Å². The number of benzene rings is 1. The Morgan fingerprint density at radius 2 is 2.00 bits per heavy atom. The quantitative estimate of drug-likeness (QED) is 0.786. The lowest BCUT2D eigenvalue weighted by Gasteiger charge is -2.27. The van der Waals surface area contributed by atoms with Gasteiger partial charge >= 0.3 is 5.97 Å². The van der Waals surface area contributed by atoms with Crippen LogP contribution in [0.5, 0.6) is 5.75 Å². The summed E-state index contributed by atoms with van der Waals surface area (Å²) < 4.78 is 11.8. The lowest BCUT2D eigenvalue weighted by Crippen LogP contribution is -2.35. The van der Waals surface area contributed by atoms with Crippen LogP contribution in [0.3, 0.4) is 0 Å². The van der Waals surface area contributed by atoms with Crippen molar-refractivity contribution in [2.24, 2.45) is 7.05 Å². The molecule has 0 fully saturated rings. The van der Waals surface area contributed by atoms with Gasteiger partial charge in [-0.25, -0.2) is 4.79 Å². The van der Waals surface area contributed by atoms with Crippen LogP contribution in [0.25, 0.3) is 11.3 Å². The number of nitrogens with zero attached hydrogens (tertiary/aromatic N) is 3. The van der Waals surface area contributed by atoms with Crippen LogP contribution in [0.1, 0.15) is 21.6 Å². The molecule has 0 unspecified atom stereocenters. The number of ether oxygens (including phenoxy) is 2. The van der Waals surface area contributed by atoms with E-state index in [1.165, 1.54) is 11.8 Å². The first-order chi connectivity index (χ1) is 11.3. The molecule has 2 heterocycles. The van der Waals surface area contributed by atoms with Gasteiger partial charge in [-0.05, 0) is 31.5 Å². The molecule has 24 heavy (non-hydrogen) atoms. The van der Waals surface area contributed by atoms with Crippen LogP contribution < -0.4 is 9.64 Å². The second-order valence-electron chi connectivity index (χ2n) is 5.81. The molecule has 2 aromatic rings. The van der Waals surface area contributed by atoms with Crippen LogP contribution in [0, 0.1) is 13.8 Å². The lowest BCUT2D eigenvalue weighted by molar-refractivity contribution is -0.120. The summed E-state index contributed by atoms with van der Waals surface area (Å²) in [6.07, 6.45) is 0. The Labute approximate surface area is 139 Å². The van der Waals surface area contributed by atoms with Crippen molar-refractivity contribution < 1.29 is 19.1 Å². The third-order valence-electron chi connectivity index (χ3n) is 4.31. The zero-order chi connectivity index (χ0) is 17.6. The Balaban J connectivity index is 2.18. The number of methoxy groups -OCH3 is 1. The molecule has 1 aliphatic heterocycles. The van der Waals surface area contributed by atoms with E-state index in [2.05, 4.69) is 5.10 Å². The maximum atomic E-state index is 12.0. The normalized spacial score (nSPS) is 13.5. The molecule has 0 spiro atoms. The molecular weight excluding hydrogens is 310 g/mol. The first-order valence-corrected chi connectivity index (χ1v) is 7.51. The minimum absolute atomic E-state index is 0.0391. The van der Waals surface area contributed by atoms with Gasteiger partial charge in [-0.2, -0.15) is 5.10 Å². The number of carbonyl (C=O) groups is 2. The van der Waals surface area contributed by atoms with Crippen molar-refractivity contribution in [2.75, 3.05) is 25.7 Å². The van der Waals surface area contributed by atoms with E-state index in [4.69, 9.17) is 9.47 Å². The second-order valence-corrected chi connectivity index (χ2v) is 5.81. The molecule has 1 amide bonds. The SMILES string of the molecule is COC(=O)c1c(C)c(-c2cc3c(cc2C)OCC(=O)N3C)nn1C. The number of carbonyl (C=O) groups excluding carboxylic acids is 2. The predicted molar refractivity (Wildman–Crippen MR) is 88.4 cm³/mol. The first kappa shape index (κ1) is 16.0. The molecule has 0 saturated carbocycles.